The van der Waals surface area contributed by atoms with Crippen molar-refractivity contribution in [3.8, 4) is 0 Å². The Labute approximate surface area is 118 Å². The Morgan fingerprint density at radius 2 is 2.00 bits per heavy atom. The van der Waals surface area contributed by atoms with E-state index in [1.165, 1.54) is 13.0 Å². The van der Waals surface area contributed by atoms with Crippen LogP contribution in [0.2, 0.25) is 0 Å². The predicted molar refractivity (Wildman–Crippen MR) is 74.1 cm³/mol. The van der Waals surface area contributed by atoms with Crippen LogP contribution >= 0.6 is 0 Å². The molecular formula is C13H19FN2O3S. The van der Waals surface area contributed by atoms with E-state index in [9.17, 15) is 17.9 Å². The van der Waals surface area contributed by atoms with Crippen molar-refractivity contribution in [2.45, 2.75) is 49.6 Å². The normalized spacial score (nSPS) is 23.8. The van der Waals surface area contributed by atoms with Crippen LogP contribution in [0, 0.1) is 12.7 Å². The SMILES string of the molecule is Cc1c(N)cc(S(=O)(=O)N[C@@H]2CCCC[C@H]2O)cc1F. The van der Waals surface area contributed by atoms with Crippen LogP contribution in [0.4, 0.5) is 10.1 Å². The Morgan fingerprint density at radius 3 is 2.60 bits per heavy atom. The first-order valence-electron chi connectivity index (χ1n) is 6.57. The predicted octanol–water partition coefficient (Wildman–Crippen LogP) is 1.30. The fourth-order valence-electron chi connectivity index (χ4n) is 2.35. The number of nitrogens with one attached hydrogen (secondary N) is 1. The van der Waals surface area contributed by atoms with Crippen molar-refractivity contribution >= 4 is 15.7 Å². The molecule has 1 fully saturated rings. The van der Waals surface area contributed by atoms with E-state index in [-0.39, 0.29) is 16.1 Å². The molecule has 0 heterocycles. The Bertz CT molecular complexity index is 581. The van der Waals surface area contributed by atoms with Crippen molar-refractivity contribution in [1.82, 2.24) is 4.72 Å². The number of nitrogen functional groups attached to an aromatic ring is 1. The molecule has 0 spiro atoms. The van der Waals surface area contributed by atoms with Gasteiger partial charge in [0.2, 0.25) is 10.0 Å². The van der Waals surface area contributed by atoms with Gasteiger partial charge in [0.1, 0.15) is 5.82 Å². The van der Waals surface area contributed by atoms with Gasteiger partial charge in [-0.3, -0.25) is 0 Å². The molecule has 0 unspecified atom stereocenters. The number of anilines is 1. The minimum Gasteiger partial charge on any atom is -0.398 e. The molecule has 2 atom stereocenters. The molecule has 1 saturated carbocycles. The van der Waals surface area contributed by atoms with E-state index in [4.69, 9.17) is 5.73 Å². The van der Waals surface area contributed by atoms with E-state index in [1.807, 2.05) is 0 Å². The number of rotatable bonds is 3. The highest BCUT2D eigenvalue weighted by Gasteiger charge is 2.28. The van der Waals surface area contributed by atoms with Crippen LogP contribution in [0.15, 0.2) is 17.0 Å². The van der Waals surface area contributed by atoms with E-state index < -0.39 is 28.0 Å². The smallest absolute Gasteiger partial charge is 0.241 e. The molecule has 0 saturated heterocycles. The van der Waals surface area contributed by atoms with Gasteiger partial charge in [0.05, 0.1) is 11.0 Å². The number of benzene rings is 1. The molecule has 1 aliphatic rings. The van der Waals surface area contributed by atoms with Crippen molar-refractivity contribution in [2.75, 3.05) is 5.73 Å². The number of sulfonamides is 1. The Kier molecular flexibility index (Phi) is 4.31. The van der Waals surface area contributed by atoms with Crippen LogP contribution in [0.1, 0.15) is 31.2 Å². The molecule has 2 rings (SSSR count). The molecule has 0 radical (unpaired) electrons. The zero-order valence-corrected chi connectivity index (χ0v) is 12.1. The summed E-state index contributed by atoms with van der Waals surface area (Å²) in [7, 11) is -3.88. The molecule has 20 heavy (non-hydrogen) atoms. The van der Waals surface area contributed by atoms with Gasteiger partial charge in [0, 0.05) is 17.3 Å². The van der Waals surface area contributed by atoms with E-state index in [2.05, 4.69) is 4.72 Å². The fourth-order valence-corrected chi connectivity index (χ4v) is 3.70. The van der Waals surface area contributed by atoms with Gasteiger partial charge < -0.3 is 10.8 Å². The third-order valence-electron chi connectivity index (χ3n) is 3.70. The minimum absolute atomic E-state index is 0.0922. The number of aliphatic hydroxyl groups excluding tert-OH is 1. The number of nitrogens with two attached hydrogens (primary N) is 1. The van der Waals surface area contributed by atoms with Crippen LogP contribution in [0.25, 0.3) is 0 Å². The first-order valence-corrected chi connectivity index (χ1v) is 8.05. The lowest BCUT2D eigenvalue weighted by atomic mass is 9.93. The molecular weight excluding hydrogens is 283 g/mol. The Balaban J connectivity index is 2.26. The summed E-state index contributed by atoms with van der Waals surface area (Å²) in [6, 6.07) is 1.65. The fraction of sp³-hybridized carbons (Fsp3) is 0.538. The summed E-state index contributed by atoms with van der Waals surface area (Å²) >= 11 is 0. The molecule has 112 valence electrons. The second kappa shape index (κ2) is 5.67. The maximum atomic E-state index is 13.6. The number of hydrogen-bond acceptors (Lipinski definition) is 4. The quantitative estimate of drug-likeness (QED) is 0.734. The van der Waals surface area contributed by atoms with Crippen LogP contribution in [0.5, 0.6) is 0 Å². The first-order chi connectivity index (χ1) is 9.31. The second-order valence-electron chi connectivity index (χ2n) is 5.20. The molecule has 7 heteroatoms. The van der Waals surface area contributed by atoms with E-state index >= 15 is 0 Å². The highest BCUT2D eigenvalue weighted by atomic mass is 32.2. The van der Waals surface area contributed by atoms with Gasteiger partial charge in [-0.05, 0) is 31.9 Å². The summed E-state index contributed by atoms with van der Waals surface area (Å²) in [4.78, 5) is -0.212. The summed E-state index contributed by atoms with van der Waals surface area (Å²) in [6.07, 6.45) is 2.17. The third kappa shape index (κ3) is 3.11. The molecule has 0 aliphatic heterocycles. The average molecular weight is 302 g/mol. The molecule has 5 nitrogen and oxygen atoms in total. The van der Waals surface area contributed by atoms with Crippen molar-refractivity contribution in [3.63, 3.8) is 0 Å². The first kappa shape index (κ1) is 15.2. The van der Waals surface area contributed by atoms with Crippen LogP contribution in [0.3, 0.4) is 0 Å². The van der Waals surface area contributed by atoms with Crippen LogP contribution < -0.4 is 10.5 Å². The summed E-state index contributed by atoms with van der Waals surface area (Å²) in [5.74, 6) is -0.658. The van der Waals surface area contributed by atoms with Gasteiger partial charge in [-0.25, -0.2) is 17.5 Å². The molecule has 4 N–H and O–H groups in total. The summed E-state index contributed by atoms with van der Waals surface area (Å²) < 4.78 is 40.5. The van der Waals surface area contributed by atoms with Gasteiger partial charge in [-0.2, -0.15) is 0 Å². The monoisotopic (exact) mass is 302 g/mol. The molecule has 0 aromatic heterocycles. The third-order valence-corrected chi connectivity index (χ3v) is 5.17. The number of hydrogen-bond donors (Lipinski definition) is 3. The number of halogens is 1. The van der Waals surface area contributed by atoms with E-state index in [0.717, 1.165) is 18.9 Å². The van der Waals surface area contributed by atoms with E-state index in [1.54, 1.807) is 0 Å². The molecule has 1 aromatic rings. The van der Waals surface area contributed by atoms with Crippen molar-refractivity contribution in [3.05, 3.63) is 23.5 Å². The second-order valence-corrected chi connectivity index (χ2v) is 6.91. The standard InChI is InChI=1S/C13H19FN2O3S/c1-8-10(14)6-9(7-11(8)15)20(18,19)16-12-4-2-3-5-13(12)17/h6-7,12-13,16-17H,2-5,15H2,1H3/t12-,13-/m1/s1. The lowest BCUT2D eigenvalue weighted by Gasteiger charge is -2.28. The number of aliphatic hydroxyl groups is 1. The van der Waals surface area contributed by atoms with Gasteiger partial charge >= 0.3 is 0 Å². The Morgan fingerprint density at radius 1 is 1.35 bits per heavy atom. The van der Waals surface area contributed by atoms with E-state index in [0.29, 0.717) is 12.8 Å². The topological polar surface area (TPSA) is 92.4 Å². The zero-order valence-electron chi connectivity index (χ0n) is 11.3. The molecule has 1 aromatic carbocycles. The highest BCUT2D eigenvalue weighted by molar-refractivity contribution is 7.89. The molecule has 1 aliphatic carbocycles. The maximum Gasteiger partial charge on any atom is 0.241 e. The molecule has 0 bridgehead atoms. The summed E-state index contributed by atoms with van der Waals surface area (Å²) in [5.41, 5.74) is 5.91. The summed E-state index contributed by atoms with van der Waals surface area (Å²) in [5, 5.41) is 9.81. The van der Waals surface area contributed by atoms with Crippen molar-refractivity contribution in [2.24, 2.45) is 0 Å². The van der Waals surface area contributed by atoms with Gasteiger partial charge in [0.15, 0.2) is 0 Å². The van der Waals surface area contributed by atoms with Crippen LogP contribution in [-0.4, -0.2) is 25.7 Å². The van der Waals surface area contributed by atoms with Crippen molar-refractivity contribution < 1.29 is 17.9 Å². The lowest BCUT2D eigenvalue weighted by Crippen LogP contribution is -2.44. The zero-order chi connectivity index (χ0) is 14.9. The molecule has 0 amide bonds. The summed E-state index contributed by atoms with van der Waals surface area (Å²) in [6.45, 7) is 1.49. The lowest BCUT2D eigenvalue weighted by molar-refractivity contribution is 0.101. The van der Waals surface area contributed by atoms with Gasteiger partial charge in [-0.1, -0.05) is 12.8 Å². The van der Waals surface area contributed by atoms with Crippen LogP contribution in [-0.2, 0) is 10.0 Å². The Hall–Kier alpha value is -1.18. The highest BCUT2D eigenvalue weighted by Crippen LogP contribution is 2.23. The van der Waals surface area contributed by atoms with Gasteiger partial charge in [-0.15, -0.1) is 0 Å². The largest absolute Gasteiger partial charge is 0.398 e. The van der Waals surface area contributed by atoms with Crippen molar-refractivity contribution in [1.29, 1.82) is 0 Å². The van der Waals surface area contributed by atoms with Gasteiger partial charge in [0.25, 0.3) is 0 Å². The average Bonchev–Trinajstić information content (AvgIpc) is 2.38. The minimum atomic E-state index is -3.88. The maximum absolute atomic E-state index is 13.6.